The molecule has 0 saturated carbocycles. The third-order valence-corrected chi connectivity index (χ3v) is 2.08. The third kappa shape index (κ3) is 2.45. The molecule has 2 nitrogen and oxygen atoms in total. The number of halogens is 1. The minimum absolute atomic E-state index is 0.326. The fraction of sp³-hybridized carbons (Fsp3) is 0.455. The van der Waals surface area contributed by atoms with Gasteiger partial charge in [-0.05, 0) is 31.0 Å². The van der Waals surface area contributed by atoms with Crippen molar-refractivity contribution in [3.8, 4) is 5.75 Å². The molecule has 1 rings (SSSR count). The lowest BCUT2D eigenvalue weighted by Gasteiger charge is -2.10. The van der Waals surface area contributed by atoms with Crippen LogP contribution < -0.4 is 4.74 Å². The maximum Gasteiger partial charge on any atom is 0.130 e. The molecule has 0 amide bonds. The molecule has 0 saturated heterocycles. The van der Waals surface area contributed by atoms with Gasteiger partial charge in [-0.25, -0.2) is 4.39 Å². The molecule has 0 heterocycles. The highest BCUT2D eigenvalue weighted by Crippen LogP contribution is 2.22. The molecule has 1 N–H and O–H groups in total. The SMILES string of the molecule is COc1cc(F)c(CC(C)O)cc1C. The van der Waals surface area contributed by atoms with Crippen molar-refractivity contribution in [2.24, 2.45) is 0 Å². The summed E-state index contributed by atoms with van der Waals surface area (Å²) in [5.74, 6) is 0.213. The molecule has 0 spiro atoms. The second kappa shape index (κ2) is 4.42. The van der Waals surface area contributed by atoms with Gasteiger partial charge in [0.05, 0.1) is 13.2 Å². The normalized spacial score (nSPS) is 12.6. The molecular weight excluding hydrogens is 183 g/mol. The molecule has 14 heavy (non-hydrogen) atoms. The molecule has 1 aromatic carbocycles. The molecule has 0 fully saturated rings. The number of hydrogen-bond acceptors (Lipinski definition) is 2. The summed E-state index contributed by atoms with van der Waals surface area (Å²) in [6.07, 6.45) is -0.200. The highest BCUT2D eigenvalue weighted by Gasteiger charge is 2.09. The zero-order valence-corrected chi connectivity index (χ0v) is 8.67. The lowest BCUT2D eigenvalue weighted by Crippen LogP contribution is -2.06. The van der Waals surface area contributed by atoms with Gasteiger partial charge < -0.3 is 9.84 Å². The molecule has 0 bridgehead atoms. The first-order valence-corrected chi connectivity index (χ1v) is 4.55. The van der Waals surface area contributed by atoms with Gasteiger partial charge in [0.2, 0.25) is 0 Å². The van der Waals surface area contributed by atoms with Crippen LogP contribution in [-0.2, 0) is 6.42 Å². The van der Waals surface area contributed by atoms with Crippen molar-refractivity contribution in [1.29, 1.82) is 0 Å². The first-order valence-electron chi connectivity index (χ1n) is 4.55. The Morgan fingerprint density at radius 2 is 2.14 bits per heavy atom. The van der Waals surface area contributed by atoms with Crippen LogP contribution in [0.25, 0.3) is 0 Å². The van der Waals surface area contributed by atoms with Crippen molar-refractivity contribution in [1.82, 2.24) is 0 Å². The van der Waals surface area contributed by atoms with E-state index in [1.54, 1.807) is 13.0 Å². The smallest absolute Gasteiger partial charge is 0.130 e. The number of aliphatic hydroxyl groups excluding tert-OH is 1. The van der Waals surface area contributed by atoms with Gasteiger partial charge in [-0.1, -0.05) is 0 Å². The summed E-state index contributed by atoms with van der Waals surface area (Å²) in [4.78, 5) is 0. The molecule has 0 aliphatic heterocycles. The van der Waals surface area contributed by atoms with Crippen molar-refractivity contribution in [3.05, 3.63) is 29.1 Å². The van der Waals surface area contributed by atoms with Crippen molar-refractivity contribution in [3.63, 3.8) is 0 Å². The van der Waals surface area contributed by atoms with Crippen molar-refractivity contribution >= 4 is 0 Å². The Morgan fingerprint density at radius 3 is 2.64 bits per heavy atom. The number of hydrogen-bond donors (Lipinski definition) is 1. The van der Waals surface area contributed by atoms with Gasteiger partial charge in [0.1, 0.15) is 11.6 Å². The van der Waals surface area contributed by atoms with E-state index in [1.807, 2.05) is 6.92 Å². The van der Waals surface area contributed by atoms with E-state index < -0.39 is 6.10 Å². The van der Waals surface area contributed by atoms with E-state index in [-0.39, 0.29) is 5.82 Å². The molecule has 1 unspecified atom stereocenters. The van der Waals surface area contributed by atoms with Crippen LogP contribution in [0.1, 0.15) is 18.1 Å². The fourth-order valence-electron chi connectivity index (χ4n) is 1.42. The second-order valence-corrected chi connectivity index (χ2v) is 3.47. The fourth-order valence-corrected chi connectivity index (χ4v) is 1.42. The van der Waals surface area contributed by atoms with Crippen LogP contribution in [0, 0.1) is 12.7 Å². The van der Waals surface area contributed by atoms with Crippen LogP contribution in [0.5, 0.6) is 5.75 Å². The lowest BCUT2D eigenvalue weighted by molar-refractivity contribution is 0.194. The first kappa shape index (κ1) is 11.0. The summed E-state index contributed by atoms with van der Waals surface area (Å²) in [6.45, 7) is 3.49. The van der Waals surface area contributed by atoms with Gasteiger partial charge in [-0.3, -0.25) is 0 Å². The van der Waals surface area contributed by atoms with E-state index in [0.29, 0.717) is 17.7 Å². The van der Waals surface area contributed by atoms with E-state index in [0.717, 1.165) is 5.56 Å². The van der Waals surface area contributed by atoms with E-state index in [2.05, 4.69) is 0 Å². The van der Waals surface area contributed by atoms with Gasteiger partial charge >= 0.3 is 0 Å². The summed E-state index contributed by atoms with van der Waals surface area (Å²) in [5.41, 5.74) is 1.41. The quantitative estimate of drug-likeness (QED) is 0.805. The van der Waals surface area contributed by atoms with E-state index in [1.165, 1.54) is 13.2 Å². The topological polar surface area (TPSA) is 29.5 Å². The van der Waals surface area contributed by atoms with Gasteiger partial charge in [-0.2, -0.15) is 0 Å². The minimum Gasteiger partial charge on any atom is -0.496 e. The molecule has 1 atom stereocenters. The molecule has 78 valence electrons. The largest absolute Gasteiger partial charge is 0.496 e. The zero-order valence-electron chi connectivity index (χ0n) is 8.67. The number of ether oxygens (including phenoxy) is 1. The predicted octanol–water partition coefficient (Wildman–Crippen LogP) is 2.07. The zero-order chi connectivity index (χ0) is 10.7. The Hall–Kier alpha value is -1.09. The molecule has 3 heteroatoms. The minimum atomic E-state index is -0.530. The van der Waals surface area contributed by atoms with Crippen LogP contribution >= 0.6 is 0 Å². The predicted molar refractivity (Wildman–Crippen MR) is 53.1 cm³/mol. The number of aryl methyl sites for hydroxylation is 1. The maximum absolute atomic E-state index is 13.4. The average molecular weight is 198 g/mol. The van der Waals surface area contributed by atoms with Crippen LogP contribution in [-0.4, -0.2) is 18.3 Å². The summed E-state index contributed by atoms with van der Waals surface area (Å²) in [6, 6.07) is 3.06. The molecule has 1 aromatic rings. The number of methoxy groups -OCH3 is 1. The van der Waals surface area contributed by atoms with E-state index >= 15 is 0 Å². The van der Waals surface area contributed by atoms with Crippen LogP contribution in [0.15, 0.2) is 12.1 Å². The van der Waals surface area contributed by atoms with Crippen molar-refractivity contribution in [2.75, 3.05) is 7.11 Å². The van der Waals surface area contributed by atoms with Crippen molar-refractivity contribution in [2.45, 2.75) is 26.4 Å². The van der Waals surface area contributed by atoms with Gasteiger partial charge in [0.15, 0.2) is 0 Å². The average Bonchev–Trinajstić information content (AvgIpc) is 2.10. The molecule has 0 aromatic heterocycles. The van der Waals surface area contributed by atoms with Crippen LogP contribution in [0.3, 0.4) is 0 Å². The molecule has 0 aliphatic rings. The molecular formula is C11H15FO2. The maximum atomic E-state index is 13.4. The Kier molecular flexibility index (Phi) is 3.47. The Balaban J connectivity index is 3.02. The monoisotopic (exact) mass is 198 g/mol. The molecule has 0 aliphatic carbocycles. The number of benzene rings is 1. The second-order valence-electron chi connectivity index (χ2n) is 3.47. The Bertz CT molecular complexity index is 321. The third-order valence-electron chi connectivity index (χ3n) is 2.08. The summed E-state index contributed by atoms with van der Waals surface area (Å²) in [7, 11) is 1.51. The number of aliphatic hydroxyl groups is 1. The highest BCUT2D eigenvalue weighted by atomic mass is 19.1. The first-order chi connectivity index (χ1) is 6.54. The highest BCUT2D eigenvalue weighted by molar-refractivity contribution is 5.37. The van der Waals surface area contributed by atoms with Crippen LogP contribution in [0.4, 0.5) is 4.39 Å². The summed E-state index contributed by atoms with van der Waals surface area (Å²) < 4.78 is 18.4. The standard InChI is InChI=1S/C11H15FO2/c1-7-4-9(5-8(2)13)10(12)6-11(7)14-3/h4,6,8,13H,5H2,1-3H3. The number of rotatable bonds is 3. The summed E-state index contributed by atoms with van der Waals surface area (Å²) >= 11 is 0. The van der Waals surface area contributed by atoms with E-state index in [4.69, 9.17) is 9.84 Å². The molecule has 0 radical (unpaired) electrons. The van der Waals surface area contributed by atoms with Gasteiger partial charge in [0, 0.05) is 12.5 Å². The summed E-state index contributed by atoms with van der Waals surface area (Å²) in [5, 5.41) is 9.15. The van der Waals surface area contributed by atoms with Crippen LogP contribution in [0.2, 0.25) is 0 Å². The Labute approximate surface area is 83.3 Å². The van der Waals surface area contributed by atoms with E-state index in [9.17, 15) is 4.39 Å². The Morgan fingerprint density at radius 1 is 1.50 bits per heavy atom. The van der Waals surface area contributed by atoms with Gasteiger partial charge in [-0.15, -0.1) is 0 Å². The lowest BCUT2D eigenvalue weighted by atomic mass is 10.0. The van der Waals surface area contributed by atoms with Crippen molar-refractivity contribution < 1.29 is 14.2 Å². The van der Waals surface area contributed by atoms with Gasteiger partial charge in [0.25, 0.3) is 0 Å².